The van der Waals surface area contributed by atoms with Crippen LogP contribution in [0.5, 0.6) is 0 Å². The first-order valence-corrected chi connectivity index (χ1v) is 7.94. The molecule has 0 unspecified atom stereocenters. The molecule has 0 aliphatic rings. The van der Waals surface area contributed by atoms with Crippen LogP contribution < -0.4 is 10.6 Å². The summed E-state index contributed by atoms with van der Waals surface area (Å²) in [7, 11) is 0. The smallest absolute Gasteiger partial charge is 0.255 e. The molecule has 0 spiro atoms. The van der Waals surface area contributed by atoms with Crippen LogP contribution in [-0.4, -0.2) is 11.8 Å². The summed E-state index contributed by atoms with van der Waals surface area (Å²) in [6.07, 6.45) is 0. The highest BCUT2D eigenvalue weighted by Crippen LogP contribution is 2.14. The van der Waals surface area contributed by atoms with Gasteiger partial charge in [-0.25, -0.2) is 0 Å². The lowest BCUT2D eigenvalue weighted by Gasteiger charge is -2.08. The molecular weight excluding hydrogens is 326 g/mol. The average molecular weight is 341 g/mol. The summed E-state index contributed by atoms with van der Waals surface area (Å²) >= 11 is 0. The van der Waals surface area contributed by atoms with Gasteiger partial charge in [0.05, 0.1) is 11.6 Å². The second kappa shape index (κ2) is 7.77. The normalized spacial score (nSPS) is 9.81. The second-order valence-corrected chi connectivity index (χ2v) is 5.54. The molecule has 0 aromatic heterocycles. The van der Waals surface area contributed by atoms with Crippen LogP contribution in [0.1, 0.15) is 26.3 Å². The number of para-hydroxylation sites is 1. The maximum Gasteiger partial charge on any atom is 0.255 e. The lowest BCUT2D eigenvalue weighted by atomic mass is 10.1. The van der Waals surface area contributed by atoms with Crippen LogP contribution >= 0.6 is 0 Å². The lowest BCUT2D eigenvalue weighted by molar-refractivity contribution is 0.102. The monoisotopic (exact) mass is 341 g/mol. The fourth-order valence-corrected chi connectivity index (χ4v) is 2.36. The van der Waals surface area contributed by atoms with Crippen molar-refractivity contribution >= 4 is 23.2 Å². The van der Waals surface area contributed by atoms with Gasteiger partial charge >= 0.3 is 0 Å². The molecule has 0 aliphatic heterocycles. The first kappa shape index (κ1) is 16.9. The minimum atomic E-state index is -0.330. The molecule has 0 heterocycles. The van der Waals surface area contributed by atoms with Gasteiger partial charge < -0.3 is 10.6 Å². The molecule has 0 bridgehead atoms. The van der Waals surface area contributed by atoms with Crippen LogP contribution in [0, 0.1) is 11.3 Å². The van der Waals surface area contributed by atoms with E-state index in [1.54, 1.807) is 54.6 Å². The molecule has 26 heavy (non-hydrogen) atoms. The van der Waals surface area contributed by atoms with Crippen LogP contribution in [0.2, 0.25) is 0 Å². The Morgan fingerprint density at radius 2 is 1.23 bits per heavy atom. The third-order valence-corrected chi connectivity index (χ3v) is 3.69. The topological polar surface area (TPSA) is 82.0 Å². The predicted octanol–water partition coefficient (Wildman–Crippen LogP) is 4.06. The first-order chi connectivity index (χ1) is 12.7. The Kier molecular flexibility index (Phi) is 5.06. The van der Waals surface area contributed by atoms with Gasteiger partial charge in [-0.1, -0.05) is 24.3 Å². The first-order valence-electron chi connectivity index (χ1n) is 7.94. The molecule has 0 saturated carbocycles. The Hall–Kier alpha value is -3.91. The van der Waals surface area contributed by atoms with Gasteiger partial charge in [0.1, 0.15) is 0 Å². The van der Waals surface area contributed by atoms with Gasteiger partial charge in [-0.2, -0.15) is 5.26 Å². The Morgan fingerprint density at radius 3 is 1.77 bits per heavy atom. The molecule has 2 amide bonds. The van der Waals surface area contributed by atoms with Crippen molar-refractivity contribution in [2.24, 2.45) is 0 Å². The molecule has 5 heteroatoms. The van der Waals surface area contributed by atoms with Crippen LogP contribution in [0.15, 0.2) is 78.9 Å². The maximum absolute atomic E-state index is 12.4. The van der Waals surface area contributed by atoms with E-state index < -0.39 is 0 Å². The Balaban J connectivity index is 1.72. The average Bonchev–Trinajstić information content (AvgIpc) is 2.69. The molecule has 0 atom stereocenters. The molecule has 3 aromatic rings. The number of carbonyl (C=O) groups is 2. The number of hydrogen-bond acceptors (Lipinski definition) is 3. The van der Waals surface area contributed by atoms with Crippen LogP contribution in [0.3, 0.4) is 0 Å². The van der Waals surface area contributed by atoms with Gasteiger partial charge in [-0.15, -0.1) is 0 Å². The van der Waals surface area contributed by atoms with Crippen molar-refractivity contribution in [1.82, 2.24) is 0 Å². The van der Waals surface area contributed by atoms with Crippen molar-refractivity contribution < 1.29 is 9.59 Å². The summed E-state index contributed by atoms with van der Waals surface area (Å²) < 4.78 is 0. The molecule has 3 aromatic carbocycles. The van der Waals surface area contributed by atoms with E-state index in [4.69, 9.17) is 5.26 Å². The lowest BCUT2D eigenvalue weighted by Crippen LogP contribution is -2.15. The highest BCUT2D eigenvalue weighted by molar-refractivity contribution is 6.08. The van der Waals surface area contributed by atoms with Gasteiger partial charge in [-0.05, 0) is 54.6 Å². The highest BCUT2D eigenvalue weighted by atomic mass is 16.2. The molecule has 0 radical (unpaired) electrons. The number of nitriles is 1. The number of rotatable bonds is 4. The third-order valence-electron chi connectivity index (χ3n) is 3.69. The highest BCUT2D eigenvalue weighted by Gasteiger charge is 2.11. The van der Waals surface area contributed by atoms with Gasteiger partial charge in [0.2, 0.25) is 0 Å². The molecular formula is C21H15N3O2. The number of hydrogen-bond donors (Lipinski definition) is 2. The SMILES string of the molecule is N#Cc1ccc(NC(=O)c2cccc(C(=O)Nc3ccccc3)c2)cc1. The summed E-state index contributed by atoms with van der Waals surface area (Å²) in [5.74, 6) is -0.617. The van der Waals surface area contributed by atoms with Gasteiger partial charge in [-0.3, -0.25) is 9.59 Å². The molecule has 0 saturated heterocycles. The van der Waals surface area contributed by atoms with E-state index in [1.165, 1.54) is 6.07 Å². The van der Waals surface area contributed by atoms with Crippen LogP contribution in [0.25, 0.3) is 0 Å². The van der Waals surface area contributed by atoms with Crippen molar-refractivity contribution in [2.75, 3.05) is 10.6 Å². The predicted molar refractivity (Wildman–Crippen MR) is 99.9 cm³/mol. The Labute approximate surface area is 150 Å². The minimum absolute atomic E-state index is 0.288. The second-order valence-electron chi connectivity index (χ2n) is 5.54. The Bertz CT molecular complexity index is 974. The number of amides is 2. The van der Waals surface area contributed by atoms with Crippen molar-refractivity contribution in [3.05, 3.63) is 95.6 Å². The molecule has 0 fully saturated rings. The van der Waals surface area contributed by atoms with E-state index >= 15 is 0 Å². The molecule has 126 valence electrons. The van der Waals surface area contributed by atoms with Crippen molar-refractivity contribution in [2.45, 2.75) is 0 Å². The molecule has 3 rings (SSSR count). The zero-order valence-corrected chi connectivity index (χ0v) is 13.8. The summed E-state index contributed by atoms with van der Waals surface area (Å²) in [4.78, 5) is 24.7. The number of nitrogens with zero attached hydrogens (tertiary/aromatic N) is 1. The van der Waals surface area contributed by atoms with E-state index in [1.807, 2.05) is 24.3 Å². The quantitative estimate of drug-likeness (QED) is 0.750. The van der Waals surface area contributed by atoms with Crippen LogP contribution in [0.4, 0.5) is 11.4 Å². The standard InChI is InChI=1S/C21H15N3O2/c22-14-15-9-11-19(12-10-15)24-21(26)17-6-4-5-16(13-17)20(25)23-18-7-2-1-3-8-18/h1-13H,(H,23,25)(H,24,26). The maximum atomic E-state index is 12.4. The van der Waals surface area contributed by atoms with Crippen molar-refractivity contribution in [1.29, 1.82) is 5.26 Å². The number of benzene rings is 3. The summed E-state index contributed by atoms with van der Waals surface area (Å²) in [5, 5.41) is 14.3. The van der Waals surface area contributed by atoms with Gasteiger partial charge in [0.25, 0.3) is 11.8 Å². The van der Waals surface area contributed by atoms with Crippen molar-refractivity contribution in [3.8, 4) is 6.07 Å². The van der Waals surface area contributed by atoms with E-state index in [2.05, 4.69) is 10.6 Å². The van der Waals surface area contributed by atoms with E-state index in [-0.39, 0.29) is 11.8 Å². The van der Waals surface area contributed by atoms with Crippen LogP contribution in [-0.2, 0) is 0 Å². The summed E-state index contributed by atoms with van der Waals surface area (Å²) in [6, 6.07) is 24.2. The van der Waals surface area contributed by atoms with E-state index in [9.17, 15) is 9.59 Å². The zero-order valence-electron chi connectivity index (χ0n) is 13.8. The minimum Gasteiger partial charge on any atom is -0.322 e. The number of carbonyl (C=O) groups excluding carboxylic acids is 2. The molecule has 2 N–H and O–H groups in total. The van der Waals surface area contributed by atoms with Gasteiger partial charge in [0.15, 0.2) is 0 Å². The van der Waals surface area contributed by atoms with Crippen molar-refractivity contribution in [3.63, 3.8) is 0 Å². The number of nitrogens with one attached hydrogen (secondary N) is 2. The molecule has 0 aliphatic carbocycles. The zero-order chi connectivity index (χ0) is 18.4. The van der Waals surface area contributed by atoms with E-state index in [0.29, 0.717) is 28.1 Å². The fraction of sp³-hybridized carbons (Fsp3) is 0. The summed E-state index contributed by atoms with van der Waals surface area (Å²) in [6.45, 7) is 0. The summed E-state index contributed by atoms with van der Waals surface area (Å²) in [5.41, 5.74) is 2.54. The number of anilines is 2. The third kappa shape index (κ3) is 4.13. The van der Waals surface area contributed by atoms with E-state index in [0.717, 1.165) is 0 Å². The van der Waals surface area contributed by atoms with Gasteiger partial charge in [0, 0.05) is 22.5 Å². The largest absolute Gasteiger partial charge is 0.322 e. The fourth-order valence-electron chi connectivity index (χ4n) is 2.36. The Morgan fingerprint density at radius 1 is 0.692 bits per heavy atom. The molecule has 5 nitrogen and oxygen atoms in total.